The molecule has 0 aromatic rings. The number of hydrogen-bond acceptors (Lipinski definition) is 4. The molecule has 0 radical (unpaired) electrons. The summed E-state index contributed by atoms with van der Waals surface area (Å²) < 4.78 is 42.1. The van der Waals surface area contributed by atoms with Crippen LogP contribution < -0.4 is 11.3 Å². The van der Waals surface area contributed by atoms with E-state index in [0.717, 1.165) is 6.42 Å². The van der Waals surface area contributed by atoms with Crippen LogP contribution in [0.2, 0.25) is 0 Å². The van der Waals surface area contributed by atoms with Crippen molar-refractivity contribution in [2.75, 3.05) is 52.5 Å². The maximum atomic E-state index is 12.3. The maximum Gasteiger partial charge on any atom is 0.401 e. The predicted molar refractivity (Wildman–Crippen MR) is 74.8 cm³/mol. The Morgan fingerprint density at radius 1 is 1.29 bits per heavy atom. The molecule has 1 aliphatic rings. The van der Waals surface area contributed by atoms with E-state index in [-0.39, 0.29) is 0 Å². The van der Waals surface area contributed by atoms with Gasteiger partial charge in [-0.3, -0.25) is 15.3 Å². The molecule has 0 atom stereocenters. The van der Waals surface area contributed by atoms with E-state index < -0.39 is 12.7 Å². The van der Waals surface area contributed by atoms with Crippen LogP contribution in [0.1, 0.15) is 13.3 Å². The second kappa shape index (κ2) is 9.06. The van der Waals surface area contributed by atoms with Crippen molar-refractivity contribution in [1.82, 2.24) is 15.2 Å². The number of hydrazine groups is 1. The monoisotopic (exact) mass is 311 g/mol. The number of guanidine groups is 1. The number of nitrogens with zero attached hydrogens (tertiary/aromatic N) is 3. The minimum atomic E-state index is -4.15. The lowest BCUT2D eigenvalue weighted by Gasteiger charge is -2.36. The summed E-state index contributed by atoms with van der Waals surface area (Å²) in [4.78, 5) is 7.58. The average Bonchev–Trinajstić information content (AvgIpc) is 2.42. The minimum Gasteiger partial charge on any atom is -0.382 e. The Morgan fingerprint density at radius 3 is 2.48 bits per heavy atom. The largest absolute Gasteiger partial charge is 0.401 e. The molecule has 0 amide bonds. The fourth-order valence-electron chi connectivity index (χ4n) is 2.10. The van der Waals surface area contributed by atoms with Crippen LogP contribution in [0, 0.1) is 0 Å². The first-order valence-corrected chi connectivity index (χ1v) is 7.09. The third-order valence-corrected chi connectivity index (χ3v) is 3.12. The number of alkyl halides is 3. The van der Waals surface area contributed by atoms with E-state index >= 15 is 0 Å². The van der Waals surface area contributed by atoms with E-state index in [1.54, 1.807) is 0 Å². The number of ether oxygens (including phenoxy) is 1. The molecule has 1 heterocycles. The summed E-state index contributed by atoms with van der Waals surface area (Å²) in [6.45, 7) is 4.59. The second-order valence-corrected chi connectivity index (χ2v) is 4.78. The molecule has 0 aromatic carbocycles. The van der Waals surface area contributed by atoms with E-state index in [9.17, 15) is 13.2 Å². The lowest BCUT2D eigenvalue weighted by Crippen LogP contribution is -2.55. The molecular formula is C12H24F3N5O. The summed E-state index contributed by atoms with van der Waals surface area (Å²) in [5.74, 6) is 5.96. The van der Waals surface area contributed by atoms with Gasteiger partial charge < -0.3 is 9.64 Å². The number of piperazine rings is 1. The first-order valence-electron chi connectivity index (χ1n) is 7.09. The van der Waals surface area contributed by atoms with Gasteiger partial charge in [-0.1, -0.05) is 0 Å². The first kappa shape index (κ1) is 18.0. The van der Waals surface area contributed by atoms with Gasteiger partial charge in [-0.15, -0.1) is 0 Å². The summed E-state index contributed by atoms with van der Waals surface area (Å²) in [5.41, 5.74) is 2.52. The van der Waals surface area contributed by atoms with Crippen LogP contribution in [0.15, 0.2) is 4.99 Å². The van der Waals surface area contributed by atoms with Crippen molar-refractivity contribution in [2.45, 2.75) is 19.5 Å². The third kappa shape index (κ3) is 7.49. The van der Waals surface area contributed by atoms with Crippen molar-refractivity contribution in [3.05, 3.63) is 0 Å². The Labute approximate surface area is 123 Å². The van der Waals surface area contributed by atoms with Crippen LogP contribution in [0.5, 0.6) is 0 Å². The fourth-order valence-corrected chi connectivity index (χ4v) is 2.10. The van der Waals surface area contributed by atoms with E-state index in [0.29, 0.717) is 51.9 Å². The highest BCUT2D eigenvalue weighted by atomic mass is 19.4. The van der Waals surface area contributed by atoms with Gasteiger partial charge in [0.25, 0.3) is 0 Å². The fraction of sp³-hybridized carbons (Fsp3) is 0.917. The van der Waals surface area contributed by atoms with E-state index in [1.165, 1.54) is 4.90 Å². The Bertz CT molecular complexity index is 317. The van der Waals surface area contributed by atoms with Crippen molar-refractivity contribution < 1.29 is 17.9 Å². The first-order chi connectivity index (χ1) is 9.96. The molecule has 0 spiro atoms. The van der Waals surface area contributed by atoms with Gasteiger partial charge in [0.15, 0.2) is 0 Å². The zero-order valence-corrected chi connectivity index (χ0v) is 12.3. The molecule has 6 nitrogen and oxygen atoms in total. The third-order valence-electron chi connectivity index (χ3n) is 3.12. The number of rotatable bonds is 6. The quantitative estimate of drug-likeness (QED) is 0.245. The lowest BCUT2D eigenvalue weighted by atomic mass is 10.3. The number of aliphatic imine (C=N–C) groups is 1. The highest BCUT2D eigenvalue weighted by Crippen LogP contribution is 2.17. The normalized spacial score (nSPS) is 18.1. The standard InChI is InChI=1S/C12H24F3N5O/c1-2-21-9-3-4-17-11(18-16)20-7-5-19(6-8-20)10-12(13,14)15/h2-10,16H2,1H3,(H,17,18). The zero-order valence-electron chi connectivity index (χ0n) is 12.3. The molecule has 0 bridgehead atoms. The van der Waals surface area contributed by atoms with Crippen molar-refractivity contribution in [2.24, 2.45) is 10.8 Å². The topological polar surface area (TPSA) is 66.1 Å². The Kier molecular flexibility index (Phi) is 7.76. The molecule has 0 unspecified atom stereocenters. The molecule has 124 valence electrons. The predicted octanol–water partition coefficient (Wildman–Crippen LogP) is 0.412. The summed E-state index contributed by atoms with van der Waals surface area (Å²) in [6, 6.07) is 0. The number of nitrogens with two attached hydrogens (primary N) is 1. The highest BCUT2D eigenvalue weighted by molar-refractivity contribution is 5.79. The van der Waals surface area contributed by atoms with E-state index in [1.807, 2.05) is 11.8 Å². The summed E-state index contributed by atoms with van der Waals surface area (Å²) in [7, 11) is 0. The molecule has 1 aliphatic heterocycles. The lowest BCUT2D eigenvalue weighted by molar-refractivity contribution is -0.148. The van der Waals surface area contributed by atoms with Gasteiger partial charge in [-0.05, 0) is 13.3 Å². The van der Waals surface area contributed by atoms with Gasteiger partial charge >= 0.3 is 6.18 Å². The average molecular weight is 311 g/mol. The molecule has 1 saturated heterocycles. The van der Waals surface area contributed by atoms with Crippen molar-refractivity contribution in [3.63, 3.8) is 0 Å². The SMILES string of the molecule is CCOCCCN=C(NN)N1CCN(CC(F)(F)F)CC1. The number of nitrogens with one attached hydrogen (secondary N) is 1. The Balaban J connectivity index is 2.34. The van der Waals surface area contributed by atoms with Crippen LogP contribution in [0.4, 0.5) is 13.2 Å². The number of hydrogen-bond donors (Lipinski definition) is 2. The van der Waals surface area contributed by atoms with Crippen LogP contribution in [0.25, 0.3) is 0 Å². The van der Waals surface area contributed by atoms with Crippen molar-refractivity contribution >= 4 is 5.96 Å². The molecule has 1 fully saturated rings. The highest BCUT2D eigenvalue weighted by Gasteiger charge is 2.32. The van der Waals surface area contributed by atoms with Crippen LogP contribution in [0.3, 0.4) is 0 Å². The molecule has 0 aromatic heterocycles. The summed E-state index contributed by atoms with van der Waals surface area (Å²) in [5, 5.41) is 0. The molecule has 1 rings (SSSR count). The van der Waals surface area contributed by atoms with Gasteiger partial charge in [-0.2, -0.15) is 13.2 Å². The van der Waals surface area contributed by atoms with Crippen LogP contribution in [-0.4, -0.2) is 74.4 Å². The molecule has 0 saturated carbocycles. The van der Waals surface area contributed by atoms with Crippen molar-refractivity contribution in [3.8, 4) is 0 Å². The Morgan fingerprint density at radius 2 is 1.95 bits per heavy atom. The van der Waals surface area contributed by atoms with E-state index in [2.05, 4.69) is 10.4 Å². The van der Waals surface area contributed by atoms with Crippen LogP contribution in [-0.2, 0) is 4.74 Å². The van der Waals surface area contributed by atoms with Gasteiger partial charge in [0.1, 0.15) is 0 Å². The molecule has 21 heavy (non-hydrogen) atoms. The molecule has 0 aliphatic carbocycles. The minimum absolute atomic E-state index is 0.346. The zero-order chi connectivity index (χ0) is 15.7. The number of halogens is 3. The van der Waals surface area contributed by atoms with Crippen molar-refractivity contribution in [1.29, 1.82) is 0 Å². The summed E-state index contributed by atoms with van der Waals surface area (Å²) >= 11 is 0. The maximum absolute atomic E-state index is 12.3. The Hall–Kier alpha value is -1.06. The molecular weight excluding hydrogens is 287 g/mol. The molecule has 3 N–H and O–H groups in total. The van der Waals surface area contributed by atoms with Gasteiger partial charge in [-0.25, -0.2) is 5.84 Å². The van der Waals surface area contributed by atoms with Gasteiger partial charge in [0.05, 0.1) is 6.54 Å². The van der Waals surface area contributed by atoms with Gasteiger partial charge in [0.2, 0.25) is 5.96 Å². The van der Waals surface area contributed by atoms with E-state index in [4.69, 9.17) is 10.6 Å². The summed E-state index contributed by atoms with van der Waals surface area (Å²) in [6.07, 6.45) is -3.36. The van der Waals surface area contributed by atoms with Gasteiger partial charge in [0, 0.05) is 45.9 Å². The van der Waals surface area contributed by atoms with Crippen LogP contribution >= 0.6 is 0 Å². The second-order valence-electron chi connectivity index (χ2n) is 4.78. The smallest absolute Gasteiger partial charge is 0.382 e. The molecule has 9 heteroatoms.